The molecule has 5 heteroatoms. The molecule has 0 N–H and O–H groups in total. The van der Waals surface area contributed by atoms with Crippen molar-refractivity contribution >= 4 is 5.97 Å². The van der Waals surface area contributed by atoms with Crippen molar-refractivity contribution in [3.63, 3.8) is 0 Å². The smallest absolute Gasteiger partial charge is 0.341 e. The minimum atomic E-state index is -0.293. The van der Waals surface area contributed by atoms with Crippen LogP contribution in [0.1, 0.15) is 30.0 Å². The number of hydrogen-bond donors (Lipinski definition) is 0. The summed E-state index contributed by atoms with van der Waals surface area (Å²) < 4.78 is 10.5. The quantitative estimate of drug-likeness (QED) is 0.757. The fraction of sp³-hybridized carbons (Fsp3) is 0.643. The number of carbonyl (C=O) groups is 1. The summed E-state index contributed by atoms with van der Waals surface area (Å²) in [7, 11) is 0. The van der Waals surface area contributed by atoms with E-state index in [1.807, 2.05) is 6.92 Å². The molecule has 106 valence electrons. The van der Waals surface area contributed by atoms with Crippen LogP contribution in [0.15, 0.2) is 16.7 Å². The Bertz CT molecular complexity index is 409. The van der Waals surface area contributed by atoms with Crippen LogP contribution in [0.25, 0.3) is 0 Å². The molecule has 0 unspecified atom stereocenters. The highest BCUT2D eigenvalue weighted by Crippen LogP contribution is 2.16. The molecule has 0 atom stereocenters. The highest BCUT2D eigenvalue weighted by molar-refractivity contribution is 5.90. The van der Waals surface area contributed by atoms with Crippen molar-refractivity contribution in [1.82, 2.24) is 9.80 Å². The third-order valence-electron chi connectivity index (χ3n) is 3.52. The van der Waals surface area contributed by atoms with E-state index in [0.29, 0.717) is 24.5 Å². The highest BCUT2D eigenvalue weighted by Gasteiger charge is 2.21. The molecule has 1 fully saturated rings. The molecule has 19 heavy (non-hydrogen) atoms. The molecule has 0 radical (unpaired) electrons. The Morgan fingerprint density at radius 1 is 1.26 bits per heavy atom. The molecule has 0 spiro atoms. The third kappa shape index (κ3) is 3.58. The normalized spacial score (nSPS) is 17.6. The minimum Gasteiger partial charge on any atom is -0.467 e. The molecular weight excluding hydrogens is 244 g/mol. The predicted octanol–water partition coefficient (Wildman–Crippen LogP) is 1.59. The Kier molecular flexibility index (Phi) is 4.99. The number of rotatable bonds is 5. The number of piperazine rings is 1. The summed E-state index contributed by atoms with van der Waals surface area (Å²) in [6.45, 7) is 10.3. The van der Waals surface area contributed by atoms with Crippen molar-refractivity contribution in [3.05, 3.63) is 23.7 Å². The molecule has 1 aliphatic heterocycles. The van der Waals surface area contributed by atoms with Gasteiger partial charge in [0, 0.05) is 26.2 Å². The summed E-state index contributed by atoms with van der Waals surface area (Å²) in [6.07, 6.45) is 1.56. The maximum Gasteiger partial charge on any atom is 0.341 e. The van der Waals surface area contributed by atoms with Crippen molar-refractivity contribution in [2.45, 2.75) is 20.4 Å². The van der Waals surface area contributed by atoms with Gasteiger partial charge >= 0.3 is 5.97 Å². The molecule has 2 rings (SSSR count). The number of likely N-dealkylation sites (N-methyl/N-ethyl adjacent to an activating group) is 1. The Morgan fingerprint density at radius 3 is 2.58 bits per heavy atom. The lowest BCUT2D eigenvalue weighted by molar-refractivity contribution is 0.0520. The largest absolute Gasteiger partial charge is 0.467 e. The first-order chi connectivity index (χ1) is 9.24. The summed E-state index contributed by atoms with van der Waals surface area (Å²) in [5.41, 5.74) is 0.555. The SMILES string of the molecule is CCOC(=O)c1ccoc1CN1CCN(CC)CC1. The van der Waals surface area contributed by atoms with E-state index in [4.69, 9.17) is 9.15 Å². The van der Waals surface area contributed by atoms with Gasteiger partial charge in [-0.2, -0.15) is 0 Å². The molecule has 0 aliphatic carbocycles. The van der Waals surface area contributed by atoms with E-state index >= 15 is 0 Å². The first-order valence-corrected chi connectivity index (χ1v) is 6.92. The highest BCUT2D eigenvalue weighted by atomic mass is 16.5. The van der Waals surface area contributed by atoms with Gasteiger partial charge in [-0.15, -0.1) is 0 Å². The van der Waals surface area contributed by atoms with Crippen molar-refractivity contribution in [3.8, 4) is 0 Å². The molecule has 0 aromatic carbocycles. The van der Waals surface area contributed by atoms with Gasteiger partial charge in [-0.25, -0.2) is 4.79 Å². The van der Waals surface area contributed by atoms with Gasteiger partial charge in [0.1, 0.15) is 11.3 Å². The van der Waals surface area contributed by atoms with Crippen molar-refractivity contribution < 1.29 is 13.9 Å². The molecule has 0 saturated carbocycles. The van der Waals surface area contributed by atoms with Gasteiger partial charge in [0.15, 0.2) is 0 Å². The molecular formula is C14H22N2O3. The monoisotopic (exact) mass is 266 g/mol. The number of furan rings is 1. The number of nitrogens with zero attached hydrogens (tertiary/aromatic N) is 2. The lowest BCUT2D eigenvalue weighted by Gasteiger charge is -2.33. The van der Waals surface area contributed by atoms with Gasteiger partial charge in [0.25, 0.3) is 0 Å². The molecule has 1 aromatic rings. The second kappa shape index (κ2) is 6.73. The van der Waals surface area contributed by atoms with Crippen molar-refractivity contribution in [2.24, 2.45) is 0 Å². The third-order valence-corrected chi connectivity index (χ3v) is 3.52. The Hall–Kier alpha value is -1.33. The van der Waals surface area contributed by atoms with Crippen LogP contribution in [0, 0.1) is 0 Å². The first-order valence-electron chi connectivity index (χ1n) is 6.92. The van der Waals surface area contributed by atoms with Crippen LogP contribution < -0.4 is 0 Å². The van der Waals surface area contributed by atoms with E-state index in [-0.39, 0.29) is 5.97 Å². The van der Waals surface area contributed by atoms with E-state index in [9.17, 15) is 4.79 Å². The summed E-state index contributed by atoms with van der Waals surface area (Å²) in [5, 5.41) is 0. The van der Waals surface area contributed by atoms with Crippen LogP contribution >= 0.6 is 0 Å². The van der Waals surface area contributed by atoms with Gasteiger partial charge in [-0.1, -0.05) is 6.92 Å². The van der Waals surface area contributed by atoms with Crippen molar-refractivity contribution in [1.29, 1.82) is 0 Å². The number of carbonyl (C=O) groups excluding carboxylic acids is 1. The zero-order valence-corrected chi connectivity index (χ0v) is 11.7. The topological polar surface area (TPSA) is 45.9 Å². The maximum absolute atomic E-state index is 11.8. The molecule has 0 bridgehead atoms. The summed E-state index contributed by atoms with van der Waals surface area (Å²) >= 11 is 0. The van der Waals surface area contributed by atoms with Gasteiger partial charge in [-0.3, -0.25) is 4.90 Å². The maximum atomic E-state index is 11.8. The lowest BCUT2D eigenvalue weighted by atomic mass is 10.2. The number of esters is 1. The minimum absolute atomic E-state index is 0.293. The molecule has 1 aliphatic rings. The number of hydrogen-bond acceptors (Lipinski definition) is 5. The van der Waals surface area contributed by atoms with E-state index in [2.05, 4.69) is 16.7 Å². The second-order valence-corrected chi connectivity index (χ2v) is 4.69. The Balaban J connectivity index is 1.93. The molecule has 0 amide bonds. The van der Waals surface area contributed by atoms with Crippen LogP contribution in [0.2, 0.25) is 0 Å². The van der Waals surface area contributed by atoms with Crippen LogP contribution in [-0.4, -0.2) is 55.1 Å². The number of ether oxygens (including phenoxy) is 1. The van der Waals surface area contributed by atoms with E-state index in [0.717, 1.165) is 32.7 Å². The predicted molar refractivity (Wildman–Crippen MR) is 72.1 cm³/mol. The molecule has 1 saturated heterocycles. The van der Waals surface area contributed by atoms with Gasteiger partial charge in [-0.05, 0) is 19.5 Å². The average molecular weight is 266 g/mol. The van der Waals surface area contributed by atoms with Gasteiger partial charge in [0.2, 0.25) is 0 Å². The van der Waals surface area contributed by atoms with Crippen LogP contribution in [0.4, 0.5) is 0 Å². The zero-order chi connectivity index (χ0) is 13.7. The van der Waals surface area contributed by atoms with E-state index in [1.165, 1.54) is 0 Å². The van der Waals surface area contributed by atoms with Crippen LogP contribution in [0.3, 0.4) is 0 Å². The molecule has 1 aromatic heterocycles. The fourth-order valence-electron chi connectivity index (χ4n) is 2.32. The van der Waals surface area contributed by atoms with Gasteiger partial charge in [0.05, 0.1) is 19.4 Å². The lowest BCUT2D eigenvalue weighted by Crippen LogP contribution is -2.45. The average Bonchev–Trinajstić information content (AvgIpc) is 2.88. The summed E-state index contributed by atoms with van der Waals surface area (Å²) in [4.78, 5) is 16.5. The summed E-state index contributed by atoms with van der Waals surface area (Å²) in [6, 6.07) is 1.69. The van der Waals surface area contributed by atoms with E-state index in [1.54, 1.807) is 12.3 Å². The Labute approximate surface area is 114 Å². The molecule has 5 nitrogen and oxygen atoms in total. The van der Waals surface area contributed by atoms with Crippen LogP contribution in [-0.2, 0) is 11.3 Å². The van der Waals surface area contributed by atoms with Gasteiger partial charge < -0.3 is 14.1 Å². The second-order valence-electron chi connectivity index (χ2n) is 4.69. The zero-order valence-electron chi connectivity index (χ0n) is 11.7. The molecule has 2 heterocycles. The fourth-order valence-corrected chi connectivity index (χ4v) is 2.32. The summed E-state index contributed by atoms with van der Waals surface area (Å²) in [5.74, 6) is 0.418. The Morgan fingerprint density at radius 2 is 1.95 bits per heavy atom. The first kappa shape index (κ1) is 14.1. The standard InChI is InChI=1S/C14H22N2O3/c1-3-15-6-8-16(9-7-15)11-13-12(5-10-19-13)14(17)18-4-2/h5,10H,3-4,6-9,11H2,1-2H3. The van der Waals surface area contributed by atoms with Crippen molar-refractivity contribution in [2.75, 3.05) is 39.3 Å². The van der Waals surface area contributed by atoms with E-state index < -0.39 is 0 Å². The van der Waals surface area contributed by atoms with Crippen LogP contribution in [0.5, 0.6) is 0 Å².